The predicted molar refractivity (Wildman–Crippen MR) is 84.5 cm³/mol. The Bertz CT molecular complexity index is 648. The van der Waals surface area contributed by atoms with Gasteiger partial charge in [-0.1, -0.05) is 11.6 Å². The molecule has 4 aliphatic rings. The molecule has 0 aromatic heterocycles. The van der Waals surface area contributed by atoms with Gasteiger partial charge in [0.15, 0.2) is 5.78 Å². The molecule has 3 aliphatic carbocycles. The van der Waals surface area contributed by atoms with Gasteiger partial charge in [-0.25, -0.2) is 0 Å². The standard InChI is InChI=1S/C19H24O4/c1-17-8-7-13(20)11-12(17)3-4-15-14-5-6-16(21)23-18(14,2)9-10-19(15,17)22/h7-8,11,14-15,22H,3-6,9-10H2,1-2H3/t14-,15-,17-,18-,19+/m0/s1. The van der Waals surface area contributed by atoms with Crippen LogP contribution in [0.1, 0.15) is 52.4 Å². The number of aliphatic hydroxyl groups is 1. The summed E-state index contributed by atoms with van der Waals surface area (Å²) in [6.45, 7) is 4.09. The van der Waals surface area contributed by atoms with E-state index in [1.54, 1.807) is 12.2 Å². The smallest absolute Gasteiger partial charge is 0.306 e. The topological polar surface area (TPSA) is 63.6 Å². The fraction of sp³-hybridized carbons (Fsp3) is 0.684. The molecule has 5 atom stereocenters. The minimum Gasteiger partial charge on any atom is -0.459 e. The summed E-state index contributed by atoms with van der Waals surface area (Å²) in [5.41, 5.74) is -0.729. The quantitative estimate of drug-likeness (QED) is 0.698. The molecule has 1 heterocycles. The van der Waals surface area contributed by atoms with Crippen molar-refractivity contribution >= 4 is 11.8 Å². The van der Waals surface area contributed by atoms with Crippen LogP contribution in [0.5, 0.6) is 0 Å². The van der Waals surface area contributed by atoms with E-state index in [-0.39, 0.29) is 23.6 Å². The Balaban J connectivity index is 1.75. The SMILES string of the molecule is C[C@]12C=CC(=O)C=C1CC[C@H]1[C@@H]3CCC(=O)O[C@@]3(C)CC[C@@]12O. The largest absolute Gasteiger partial charge is 0.459 e. The van der Waals surface area contributed by atoms with Crippen LogP contribution in [-0.2, 0) is 14.3 Å². The van der Waals surface area contributed by atoms with E-state index in [4.69, 9.17) is 4.74 Å². The van der Waals surface area contributed by atoms with E-state index in [0.29, 0.717) is 19.3 Å². The zero-order chi connectivity index (χ0) is 16.5. The summed E-state index contributed by atoms with van der Waals surface area (Å²) in [7, 11) is 0. The molecule has 0 aromatic carbocycles. The molecule has 4 heteroatoms. The van der Waals surface area contributed by atoms with Crippen LogP contribution in [0.3, 0.4) is 0 Å². The van der Waals surface area contributed by atoms with Crippen LogP contribution in [0.15, 0.2) is 23.8 Å². The van der Waals surface area contributed by atoms with Crippen LogP contribution in [0.2, 0.25) is 0 Å². The number of rotatable bonds is 0. The summed E-state index contributed by atoms with van der Waals surface area (Å²) >= 11 is 0. The van der Waals surface area contributed by atoms with E-state index in [9.17, 15) is 14.7 Å². The van der Waals surface area contributed by atoms with E-state index in [1.807, 2.05) is 13.0 Å². The van der Waals surface area contributed by atoms with Gasteiger partial charge < -0.3 is 9.84 Å². The normalized spacial score (nSPS) is 48.7. The molecule has 0 aromatic rings. The Morgan fingerprint density at radius 3 is 2.65 bits per heavy atom. The lowest BCUT2D eigenvalue weighted by Gasteiger charge is -2.62. The van der Waals surface area contributed by atoms with Crippen LogP contribution in [0, 0.1) is 17.3 Å². The maximum atomic E-state index is 11.7. The first-order valence-corrected chi connectivity index (χ1v) is 8.67. The second kappa shape index (κ2) is 4.56. The number of esters is 1. The zero-order valence-electron chi connectivity index (χ0n) is 13.8. The summed E-state index contributed by atoms with van der Waals surface area (Å²) in [5.74, 6) is 0.212. The van der Waals surface area contributed by atoms with Gasteiger partial charge in [-0.3, -0.25) is 9.59 Å². The van der Waals surface area contributed by atoms with Crippen LogP contribution >= 0.6 is 0 Å². The maximum Gasteiger partial charge on any atom is 0.306 e. The van der Waals surface area contributed by atoms with Crippen molar-refractivity contribution in [1.29, 1.82) is 0 Å². The maximum absolute atomic E-state index is 11.7. The monoisotopic (exact) mass is 316 g/mol. The van der Waals surface area contributed by atoms with Gasteiger partial charge in [0.2, 0.25) is 0 Å². The summed E-state index contributed by atoms with van der Waals surface area (Å²) in [5, 5.41) is 11.7. The van der Waals surface area contributed by atoms with Crippen molar-refractivity contribution in [1.82, 2.24) is 0 Å². The summed E-state index contributed by atoms with van der Waals surface area (Å²) in [6, 6.07) is 0. The lowest BCUT2D eigenvalue weighted by Crippen LogP contribution is -2.65. The molecule has 2 saturated carbocycles. The number of hydrogen-bond acceptors (Lipinski definition) is 4. The van der Waals surface area contributed by atoms with Gasteiger partial charge in [-0.05, 0) is 64.0 Å². The van der Waals surface area contributed by atoms with Crippen LogP contribution in [0.25, 0.3) is 0 Å². The molecule has 0 amide bonds. The summed E-state index contributed by atoms with van der Waals surface area (Å²) in [4.78, 5) is 23.5. The molecule has 1 aliphatic heterocycles. The molecule has 1 N–H and O–H groups in total. The van der Waals surface area contributed by atoms with Crippen molar-refractivity contribution < 1.29 is 19.4 Å². The van der Waals surface area contributed by atoms with Gasteiger partial charge in [0.1, 0.15) is 5.60 Å². The highest BCUT2D eigenvalue weighted by Crippen LogP contribution is 2.62. The number of hydrogen-bond donors (Lipinski definition) is 1. The van der Waals surface area contributed by atoms with Gasteiger partial charge in [-0.2, -0.15) is 0 Å². The van der Waals surface area contributed by atoms with Crippen LogP contribution < -0.4 is 0 Å². The first kappa shape index (κ1) is 15.1. The molecular formula is C19H24O4. The molecule has 3 fully saturated rings. The fourth-order valence-corrected chi connectivity index (χ4v) is 5.66. The second-order valence-corrected chi connectivity index (χ2v) is 8.11. The third kappa shape index (κ3) is 1.87. The van der Waals surface area contributed by atoms with Crippen molar-refractivity contribution in [2.75, 3.05) is 0 Å². The van der Waals surface area contributed by atoms with Crippen molar-refractivity contribution in [3.63, 3.8) is 0 Å². The number of carbonyl (C=O) groups excluding carboxylic acids is 2. The van der Waals surface area contributed by atoms with Crippen molar-refractivity contribution in [3.8, 4) is 0 Å². The Morgan fingerprint density at radius 2 is 1.87 bits per heavy atom. The highest BCUT2D eigenvalue weighted by molar-refractivity contribution is 6.01. The number of carbonyl (C=O) groups is 2. The lowest BCUT2D eigenvalue weighted by atomic mass is 9.47. The molecule has 23 heavy (non-hydrogen) atoms. The van der Waals surface area contributed by atoms with E-state index < -0.39 is 16.6 Å². The highest BCUT2D eigenvalue weighted by Gasteiger charge is 2.64. The molecule has 0 radical (unpaired) electrons. The van der Waals surface area contributed by atoms with Gasteiger partial charge in [0.05, 0.1) is 5.60 Å². The fourth-order valence-electron chi connectivity index (χ4n) is 5.66. The molecule has 0 unspecified atom stereocenters. The Kier molecular flexibility index (Phi) is 3.00. The molecule has 0 spiro atoms. The Hall–Kier alpha value is -1.42. The molecule has 4 rings (SSSR count). The minimum absolute atomic E-state index is 0.0202. The molecule has 124 valence electrons. The van der Waals surface area contributed by atoms with Gasteiger partial charge in [0, 0.05) is 17.8 Å². The number of ether oxygens (including phenoxy) is 1. The van der Waals surface area contributed by atoms with Gasteiger partial charge >= 0.3 is 5.97 Å². The second-order valence-electron chi connectivity index (χ2n) is 8.11. The van der Waals surface area contributed by atoms with E-state index in [2.05, 4.69) is 6.92 Å². The van der Waals surface area contributed by atoms with Gasteiger partial charge in [-0.15, -0.1) is 0 Å². The van der Waals surface area contributed by atoms with E-state index >= 15 is 0 Å². The Morgan fingerprint density at radius 1 is 1.13 bits per heavy atom. The number of fused-ring (bicyclic) bond motifs is 5. The van der Waals surface area contributed by atoms with Crippen LogP contribution in [-0.4, -0.2) is 28.1 Å². The average molecular weight is 316 g/mol. The molecular weight excluding hydrogens is 292 g/mol. The van der Waals surface area contributed by atoms with E-state index in [1.165, 1.54) is 0 Å². The summed E-state index contributed by atoms with van der Waals surface area (Å²) < 4.78 is 5.72. The number of allylic oxidation sites excluding steroid dienone is 2. The van der Waals surface area contributed by atoms with Crippen LogP contribution in [0.4, 0.5) is 0 Å². The third-order valence-corrected chi connectivity index (χ3v) is 7.08. The lowest BCUT2D eigenvalue weighted by molar-refractivity contribution is -0.227. The van der Waals surface area contributed by atoms with Crippen molar-refractivity contribution in [2.45, 2.75) is 63.6 Å². The zero-order valence-corrected chi connectivity index (χ0v) is 13.8. The molecule has 4 nitrogen and oxygen atoms in total. The van der Waals surface area contributed by atoms with Gasteiger partial charge in [0.25, 0.3) is 0 Å². The van der Waals surface area contributed by atoms with Crippen molar-refractivity contribution in [2.24, 2.45) is 17.3 Å². The molecule has 1 saturated heterocycles. The first-order chi connectivity index (χ1) is 10.8. The Labute approximate surface area is 136 Å². The summed E-state index contributed by atoms with van der Waals surface area (Å²) in [6.07, 6.45) is 9.43. The van der Waals surface area contributed by atoms with E-state index in [0.717, 1.165) is 24.8 Å². The minimum atomic E-state index is -0.859. The molecule has 0 bridgehead atoms. The number of ketones is 1. The highest BCUT2D eigenvalue weighted by atomic mass is 16.6. The average Bonchev–Trinajstić information content (AvgIpc) is 2.49. The third-order valence-electron chi connectivity index (χ3n) is 7.08. The first-order valence-electron chi connectivity index (χ1n) is 8.67. The predicted octanol–water partition coefficient (Wildman–Crippen LogP) is 2.70. The van der Waals surface area contributed by atoms with Crippen molar-refractivity contribution in [3.05, 3.63) is 23.8 Å².